The average molecular weight is 170 g/mol. The smallest absolute Gasteiger partial charge is 0.0357 e. The molecule has 12 heavy (non-hydrogen) atoms. The molecule has 74 valence electrons. The normalized spacial score (nSPS) is 13.5. The highest BCUT2D eigenvalue weighted by atomic mass is 14.2. The maximum absolute atomic E-state index is 2.37. The van der Waals surface area contributed by atoms with Crippen LogP contribution in [0, 0.1) is 10.8 Å². The summed E-state index contributed by atoms with van der Waals surface area (Å²) in [7, 11) is 0. The first-order chi connectivity index (χ1) is 5.27. The van der Waals surface area contributed by atoms with E-state index in [1.165, 1.54) is 25.7 Å². The molecule has 0 bridgehead atoms. The van der Waals surface area contributed by atoms with Crippen LogP contribution in [0.25, 0.3) is 0 Å². The van der Waals surface area contributed by atoms with Crippen molar-refractivity contribution in [1.29, 1.82) is 0 Å². The Bertz CT molecular complexity index is 114. The predicted octanol–water partition coefficient (Wildman–Crippen LogP) is 4.64. The molecule has 0 heterocycles. The highest BCUT2D eigenvalue weighted by molar-refractivity contribution is 4.69. The summed E-state index contributed by atoms with van der Waals surface area (Å²) in [4.78, 5) is 0. The lowest BCUT2D eigenvalue weighted by atomic mass is 9.81. The van der Waals surface area contributed by atoms with Crippen LogP contribution < -0.4 is 0 Å². The summed E-state index contributed by atoms with van der Waals surface area (Å²) >= 11 is 0. The van der Waals surface area contributed by atoms with Gasteiger partial charge in [-0.25, -0.2) is 0 Å². The van der Waals surface area contributed by atoms with Crippen LogP contribution in [-0.4, -0.2) is 0 Å². The van der Waals surface area contributed by atoms with Gasteiger partial charge < -0.3 is 0 Å². The van der Waals surface area contributed by atoms with Gasteiger partial charge in [-0.1, -0.05) is 54.4 Å². The highest BCUT2D eigenvalue weighted by Crippen LogP contribution is 2.30. The Morgan fingerprint density at radius 3 is 1.67 bits per heavy atom. The third-order valence-electron chi connectivity index (χ3n) is 2.74. The van der Waals surface area contributed by atoms with Gasteiger partial charge in [0.25, 0.3) is 0 Å². The summed E-state index contributed by atoms with van der Waals surface area (Å²) in [6.07, 6.45) is 5.42. The van der Waals surface area contributed by atoms with E-state index in [1.54, 1.807) is 0 Å². The molecule has 0 aliphatic heterocycles. The predicted molar refractivity (Wildman–Crippen MR) is 57.4 cm³/mol. The maximum Gasteiger partial charge on any atom is -0.0357 e. The summed E-state index contributed by atoms with van der Waals surface area (Å²) in [5.41, 5.74) is 1.08. The van der Waals surface area contributed by atoms with Gasteiger partial charge >= 0.3 is 0 Å². The zero-order valence-corrected chi connectivity index (χ0v) is 9.83. The Kier molecular flexibility index (Phi) is 4.30. The topological polar surface area (TPSA) is 0 Å². The summed E-state index contributed by atoms with van der Waals surface area (Å²) in [5, 5.41) is 0. The molecule has 0 spiro atoms. The van der Waals surface area contributed by atoms with E-state index in [0.29, 0.717) is 10.8 Å². The van der Waals surface area contributed by atoms with Crippen LogP contribution >= 0.6 is 0 Å². The van der Waals surface area contributed by atoms with Gasteiger partial charge in [0.15, 0.2) is 0 Å². The van der Waals surface area contributed by atoms with Crippen LogP contribution in [0.3, 0.4) is 0 Å². The molecule has 0 radical (unpaired) electrons. The summed E-state index contributed by atoms with van der Waals surface area (Å²) in [5.74, 6) is 0. The van der Waals surface area contributed by atoms with Crippen molar-refractivity contribution in [3.63, 3.8) is 0 Å². The molecule has 0 fully saturated rings. The van der Waals surface area contributed by atoms with Crippen molar-refractivity contribution < 1.29 is 0 Å². The van der Waals surface area contributed by atoms with E-state index in [4.69, 9.17) is 0 Å². The van der Waals surface area contributed by atoms with Crippen LogP contribution in [0.15, 0.2) is 0 Å². The summed E-state index contributed by atoms with van der Waals surface area (Å²) < 4.78 is 0. The van der Waals surface area contributed by atoms with Crippen molar-refractivity contribution in [3.05, 3.63) is 0 Å². The van der Waals surface area contributed by atoms with Gasteiger partial charge in [0.2, 0.25) is 0 Å². The van der Waals surface area contributed by atoms with E-state index in [-0.39, 0.29) is 0 Å². The van der Waals surface area contributed by atoms with Crippen molar-refractivity contribution in [3.8, 4) is 0 Å². The molecule has 0 N–H and O–H groups in total. The SMILES string of the molecule is CCC(C)(C)CCCC(C)(C)C. The van der Waals surface area contributed by atoms with Crippen molar-refractivity contribution in [2.75, 3.05) is 0 Å². The minimum Gasteiger partial charge on any atom is -0.0649 e. The van der Waals surface area contributed by atoms with Crippen molar-refractivity contribution in [1.82, 2.24) is 0 Å². The van der Waals surface area contributed by atoms with Gasteiger partial charge in [0, 0.05) is 0 Å². The Morgan fingerprint density at radius 1 is 0.833 bits per heavy atom. The third kappa shape index (κ3) is 6.69. The van der Waals surface area contributed by atoms with E-state index in [0.717, 1.165) is 0 Å². The fraction of sp³-hybridized carbons (Fsp3) is 1.00. The molecule has 0 saturated carbocycles. The molecule has 0 unspecified atom stereocenters. The molecule has 0 aromatic heterocycles. The Balaban J connectivity index is 3.57. The van der Waals surface area contributed by atoms with Gasteiger partial charge in [0.1, 0.15) is 0 Å². The largest absolute Gasteiger partial charge is 0.0649 e. The molecule has 0 saturated heterocycles. The molecular formula is C12H26. The Hall–Kier alpha value is 0. The monoisotopic (exact) mass is 170 g/mol. The minimum absolute atomic E-state index is 0.518. The van der Waals surface area contributed by atoms with Crippen LogP contribution in [0.2, 0.25) is 0 Å². The lowest BCUT2D eigenvalue weighted by Gasteiger charge is -2.25. The number of rotatable bonds is 4. The van der Waals surface area contributed by atoms with E-state index in [1.807, 2.05) is 0 Å². The third-order valence-corrected chi connectivity index (χ3v) is 2.74. The van der Waals surface area contributed by atoms with Crippen LogP contribution in [-0.2, 0) is 0 Å². The van der Waals surface area contributed by atoms with Crippen molar-refractivity contribution in [2.24, 2.45) is 10.8 Å². The number of hydrogen-bond donors (Lipinski definition) is 0. The molecule has 0 aromatic carbocycles. The highest BCUT2D eigenvalue weighted by Gasteiger charge is 2.16. The molecular weight excluding hydrogens is 144 g/mol. The average Bonchev–Trinajstić information content (AvgIpc) is 1.84. The van der Waals surface area contributed by atoms with Gasteiger partial charge in [-0.15, -0.1) is 0 Å². The Labute approximate surface area is 78.8 Å². The van der Waals surface area contributed by atoms with E-state index < -0.39 is 0 Å². The van der Waals surface area contributed by atoms with Gasteiger partial charge in [-0.05, 0) is 23.7 Å². The van der Waals surface area contributed by atoms with Gasteiger partial charge in [0.05, 0.1) is 0 Å². The van der Waals surface area contributed by atoms with E-state index in [9.17, 15) is 0 Å². The van der Waals surface area contributed by atoms with Crippen LogP contribution in [0.4, 0.5) is 0 Å². The minimum atomic E-state index is 0.518. The molecule has 0 aromatic rings. The zero-order chi connectivity index (χ0) is 9.83. The lowest BCUT2D eigenvalue weighted by Crippen LogP contribution is -2.12. The molecule has 0 nitrogen and oxygen atoms in total. The molecule has 0 aliphatic carbocycles. The maximum atomic E-state index is 2.37. The second-order valence-electron chi connectivity index (χ2n) is 5.93. The first-order valence-corrected chi connectivity index (χ1v) is 5.27. The van der Waals surface area contributed by atoms with Crippen molar-refractivity contribution >= 4 is 0 Å². The van der Waals surface area contributed by atoms with E-state index in [2.05, 4.69) is 41.5 Å². The molecule has 0 amide bonds. The summed E-state index contributed by atoms with van der Waals surface area (Å²) in [6, 6.07) is 0. The second kappa shape index (κ2) is 4.30. The fourth-order valence-electron chi connectivity index (χ4n) is 1.27. The second-order valence-corrected chi connectivity index (χ2v) is 5.93. The lowest BCUT2D eigenvalue weighted by molar-refractivity contribution is 0.274. The van der Waals surface area contributed by atoms with Gasteiger partial charge in [-0.2, -0.15) is 0 Å². The molecule has 0 rings (SSSR count). The van der Waals surface area contributed by atoms with Crippen LogP contribution in [0.1, 0.15) is 67.2 Å². The van der Waals surface area contributed by atoms with Crippen molar-refractivity contribution in [2.45, 2.75) is 67.2 Å². The quantitative estimate of drug-likeness (QED) is 0.576. The Morgan fingerprint density at radius 2 is 1.33 bits per heavy atom. The first-order valence-electron chi connectivity index (χ1n) is 5.27. The fourth-order valence-corrected chi connectivity index (χ4v) is 1.27. The first kappa shape index (κ1) is 12.0. The summed E-state index contributed by atoms with van der Waals surface area (Å²) in [6.45, 7) is 14.0. The standard InChI is InChI=1S/C12H26/c1-7-12(5,6)10-8-9-11(2,3)4/h7-10H2,1-6H3. The van der Waals surface area contributed by atoms with E-state index >= 15 is 0 Å². The molecule has 0 heteroatoms. The molecule has 0 aliphatic rings. The zero-order valence-electron chi connectivity index (χ0n) is 9.83. The number of hydrogen-bond acceptors (Lipinski definition) is 0. The molecule has 0 atom stereocenters. The van der Waals surface area contributed by atoms with Crippen LogP contribution in [0.5, 0.6) is 0 Å². The van der Waals surface area contributed by atoms with Gasteiger partial charge in [-0.3, -0.25) is 0 Å².